The number of halogens is 3. The molecular formula is C11H12F3. The molecule has 0 spiro atoms. The average molecular weight is 201 g/mol. The van der Waals surface area contributed by atoms with Crippen LogP contribution in [0, 0.1) is 12.8 Å². The molecule has 0 aliphatic carbocycles. The lowest BCUT2D eigenvalue weighted by Gasteiger charge is -2.12. The SMILES string of the molecule is C[C](C)c1cc(C)cc(C(F)(F)F)c1. The standard InChI is InChI=1S/C11H12F3/c1-7(2)9-4-8(3)5-10(6-9)11(12,13)14/h4-6H,1-3H3. The summed E-state index contributed by atoms with van der Waals surface area (Å²) in [6.07, 6.45) is -4.25. The van der Waals surface area contributed by atoms with E-state index in [1.165, 1.54) is 6.07 Å². The zero-order valence-corrected chi connectivity index (χ0v) is 8.37. The number of rotatable bonds is 1. The van der Waals surface area contributed by atoms with Crippen LogP contribution in [-0.2, 0) is 6.18 Å². The summed E-state index contributed by atoms with van der Waals surface area (Å²) in [5.74, 6) is 0.888. The summed E-state index contributed by atoms with van der Waals surface area (Å²) < 4.78 is 37.2. The fourth-order valence-electron chi connectivity index (χ4n) is 1.24. The van der Waals surface area contributed by atoms with Crippen molar-refractivity contribution in [3.63, 3.8) is 0 Å². The van der Waals surface area contributed by atoms with E-state index >= 15 is 0 Å². The molecule has 0 N–H and O–H groups in total. The molecule has 0 aliphatic heterocycles. The molecular weight excluding hydrogens is 189 g/mol. The van der Waals surface area contributed by atoms with Gasteiger partial charge in [0, 0.05) is 0 Å². The monoisotopic (exact) mass is 201 g/mol. The predicted molar refractivity (Wildman–Crippen MR) is 49.9 cm³/mol. The smallest absolute Gasteiger partial charge is 0.166 e. The van der Waals surface area contributed by atoms with Gasteiger partial charge in [-0.1, -0.05) is 25.5 Å². The van der Waals surface area contributed by atoms with Crippen molar-refractivity contribution >= 4 is 0 Å². The zero-order valence-electron chi connectivity index (χ0n) is 8.37. The minimum atomic E-state index is -4.25. The molecule has 1 radical (unpaired) electrons. The van der Waals surface area contributed by atoms with Gasteiger partial charge >= 0.3 is 6.18 Å². The maximum absolute atomic E-state index is 12.4. The van der Waals surface area contributed by atoms with Crippen molar-refractivity contribution in [3.05, 3.63) is 40.8 Å². The first-order chi connectivity index (χ1) is 6.30. The first-order valence-corrected chi connectivity index (χ1v) is 4.30. The van der Waals surface area contributed by atoms with Gasteiger partial charge in [-0.15, -0.1) is 0 Å². The molecule has 0 aliphatic rings. The molecule has 0 heterocycles. The fourth-order valence-corrected chi connectivity index (χ4v) is 1.24. The number of benzene rings is 1. The van der Waals surface area contributed by atoms with Crippen LogP contribution < -0.4 is 0 Å². The molecule has 77 valence electrons. The van der Waals surface area contributed by atoms with E-state index in [9.17, 15) is 13.2 Å². The van der Waals surface area contributed by atoms with Crippen LogP contribution >= 0.6 is 0 Å². The van der Waals surface area contributed by atoms with Crippen LogP contribution in [0.3, 0.4) is 0 Å². The van der Waals surface area contributed by atoms with Crippen molar-refractivity contribution in [2.75, 3.05) is 0 Å². The molecule has 0 aromatic heterocycles. The second-order valence-electron chi connectivity index (χ2n) is 3.59. The van der Waals surface area contributed by atoms with Gasteiger partial charge < -0.3 is 0 Å². The lowest BCUT2D eigenvalue weighted by atomic mass is 9.98. The normalized spacial score (nSPS) is 12.2. The van der Waals surface area contributed by atoms with Crippen molar-refractivity contribution in [2.24, 2.45) is 0 Å². The average Bonchev–Trinajstić information content (AvgIpc) is 2.01. The Kier molecular flexibility index (Phi) is 2.88. The Morgan fingerprint density at radius 2 is 1.64 bits per heavy atom. The molecule has 14 heavy (non-hydrogen) atoms. The third-order valence-corrected chi connectivity index (χ3v) is 1.98. The summed E-state index contributed by atoms with van der Waals surface area (Å²) in [4.78, 5) is 0. The Bertz CT molecular complexity index is 324. The van der Waals surface area contributed by atoms with Crippen LogP contribution in [0.4, 0.5) is 13.2 Å². The fraction of sp³-hybridized carbons (Fsp3) is 0.364. The molecule has 1 aromatic rings. The summed E-state index contributed by atoms with van der Waals surface area (Å²) in [5.41, 5.74) is 0.710. The van der Waals surface area contributed by atoms with Gasteiger partial charge in [0.25, 0.3) is 0 Å². The molecule has 0 unspecified atom stereocenters. The molecule has 0 amide bonds. The second-order valence-corrected chi connectivity index (χ2v) is 3.59. The molecule has 0 bridgehead atoms. The highest BCUT2D eigenvalue weighted by Crippen LogP contribution is 2.31. The Morgan fingerprint density at radius 1 is 1.07 bits per heavy atom. The third kappa shape index (κ3) is 2.50. The van der Waals surface area contributed by atoms with Gasteiger partial charge in [0.05, 0.1) is 5.56 Å². The molecule has 0 nitrogen and oxygen atoms in total. The van der Waals surface area contributed by atoms with Gasteiger partial charge in [-0.3, -0.25) is 0 Å². The van der Waals surface area contributed by atoms with E-state index in [4.69, 9.17) is 0 Å². The molecule has 0 saturated heterocycles. The van der Waals surface area contributed by atoms with E-state index in [0.717, 1.165) is 12.0 Å². The first kappa shape index (κ1) is 11.1. The second kappa shape index (κ2) is 3.64. The lowest BCUT2D eigenvalue weighted by molar-refractivity contribution is -0.137. The molecule has 0 saturated carbocycles. The van der Waals surface area contributed by atoms with Crippen LogP contribution in [0.5, 0.6) is 0 Å². The highest BCUT2D eigenvalue weighted by atomic mass is 19.4. The minimum absolute atomic E-state index is 0.575. The number of hydrogen-bond donors (Lipinski definition) is 0. The zero-order chi connectivity index (χ0) is 10.9. The van der Waals surface area contributed by atoms with Crippen molar-refractivity contribution in [2.45, 2.75) is 26.9 Å². The van der Waals surface area contributed by atoms with Gasteiger partial charge in [-0.2, -0.15) is 13.2 Å². The molecule has 1 rings (SSSR count). The Morgan fingerprint density at radius 3 is 2.07 bits per heavy atom. The largest absolute Gasteiger partial charge is 0.416 e. The van der Waals surface area contributed by atoms with E-state index in [0.29, 0.717) is 11.1 Å². The molecule has 0 atom stereocenters. The van der Waals surface area contributed by atoms with Crippen molar-refractivity contribution in [1.29, 1.82) is 0 Å². The maximum atomic E-state index is 12.4. The van der Waals surface area contributed by atoms with Gasteiger partial charge in [-0.05, 0) is 30.5 Å². The van der Waals surface area contributed by atoms with Gasteiger partial charge in [0.15, 0.2) is 0 Å². The van der Waals surface area contributed by atoms with Gasteiger partial charge in [0.2, 0.25) is 0 Å². The predicted octanol–water partition coefficient (Wildman–Crippen LogP) is 3.98. The summed E-state index contributed by atoms with van der Waals surface area (Å²) in [6, 6.07) is 4.10. The molecule has 0 fully saturated rings. The van der Waals surface area contributed by atoms with E-state index in [2.05, 4.69) is 0 Å². The Balaban J connectivity index is 3.21. The van der Waals surface area contributed by atoms with Gasteiger partial charge in [0.1, 0.15) is 0 Å². The quantitative estimate of drug-likeness (QED) is 0.644. The lowest BCUT2D eigenvalue weighted by Crippen LogP contribution is -2.06. The first-order valence-electron chi connectivity index (χ1n) is 4.30. The number of hydrogen-bond acceptors (Lipinski definition) is 0. The van der Waals surface area contributed by atoms with Crippen molar-refractivity contribution in [3.8, 4) is 0 Å². The maximum Gasteiger partial charge on any atom is 0.416 e. The van der Waals surface area contributed by atoms with Crippen LogP contribution in [0.15, 0.2) is 18.2 Å². The highest BCUT2D eigenvalue weighted by molar-refractivity contribution is 5.37. The van der Waals surface area contributed by atoms with E-state index in [1.807, 2.05) is 0 Å². The third-order valence-electron chi connectivity index (χ3n) is 1.98. The number of aryl methyl sites for hydroxylation is 1. The molecule has 3 heteroatoms. The van der Waals surface area contributed by atoms with Crippen LogP contribution in [-0.4, -0.2) is 0 Å². The van der Waals surface area contributed by atoms with Crippen molar-refractivity contribution < 1.29 is 13.2 Å². The number of alkyl halides is 3. The Hall–Kier alpha value is -0.990. The topological polar surface area (TPSA) is 0 Å². The summed E-state index contributed by atoms with van der Waals surface area (Å²) in [6.45, 7) is 5.27. The van der Waals surface area contributed by atoms with E-state index in [-0.39, 0.29) is 0 Å². The minimum Gasteiger partial charge on any atom is -0.166 e. The summed E-state index contributed by atoms with van der Waals surface area (Å²) in [7, 11) is 0. The molecule has 1 aromatic carbocycles. The van der Waals surface area contributed by atoms with Crippen LogP contribution in [0.25, 0.3) is 0 Å². The van der Waals surface area contributed by atoms with E-state index < -0.39 is 11.7 Å². The van der Waals surface area contributed by atoms with Crippen LogP contribution in [0.1, 0.15) is 30.5 Å². The highest BCUT2D eigenvalue weighted by Gasteiger charge is 2.30. The Labute approximate surface area is 81.8 Å². The van der Waals surface area contributed by atoms with Gasteiger partial charge in [-0.25, -0.2) is 0 Å². The summed E-state index contributed by atoms with van der Waals surface area (Å²) in [5, 5.41) is 0. The van der Waals surface area contributed by atoms with E-state index in [1.54, 1.807) is 26.8 Å². The van der Waals surface area contributed by atoms with Crippen molar-refractivity contribution in [1.82, 2.24) is 0 Å². The van der Waals surface area contributed by atoms with Crippen LogP contribution in [0.2, 0.25) is 0 Å². The summed E-state index contributed by atoms with van der Waals surface area (Å²) >= 11 is 0.